The number of aryl methyl sites for hydroxylation is 1. The van der Waals surface area contributed by atoms with Crippen molar-refractivity contribution in [3.05, 3.63) is 86.9 Å². The first-order chi connectivity index (χ1) is 12.6. The number of halogens is 1. The van der Waals surface area contributed by atoms with E-state index in [0.29, 0.717) is 23.8 Å². The third-order valence-electron chi connectivity index (χ3n) is 4.19. The van der Waals surface area contributed by atoms with Crippen LogP contribution >= 0.6 is 11.6 Å². The van der Waals surface area contributed by atoms with Crippen molar-refractivity contribution < 1.29 is 0 Å². The molecule has 0 aliphatic heterocycles. The van der Waals surface area contributed by atoms with Crippen LogP contribution in [0.5, 0.6) is 0 Å². The Bertz CT molecular complexity index is 1130. The van der Waals surface area contributed by atoms with Gasteiger partial charge in [0.15, 0.2) is 11.2 Å². The van der Waals surface area contributed by atoms with Gasteiger partial charge in [0, 0.05) is 5.02 Å². The normalized spacial score (nSPS) is 11.2. The van der Waals surface area contributed by atoms with Gasteiger partial charge in [-0.05, 0) is 30.2 Å². The molecule has 130 valence electrons. The summed E-state index contributed by atoms with van der Waals surface area (Å²) in [4.78, 5) is 17.1. The summed E-state index contributed by atoms with van der Waals surface area (Å²) in [5, 5.41) is 8.78. The summed E-state index contributed by atoms with van der Waals surface area (Å²) in [6, 6.07) is 15.5. The van der Waals surface area contributed by atoms with Gasteiger partial charge in [-0.3, -0.25) is 9.36 Å². The third kappa shape index (κ3) is 3.23. The zero-order chi connectivity index (χ0) is 18.1. The van der Waals surface area contributed by atoms with E-state index in [0.717, 1.165) is 11.1 Å². The molecule has 0 aliphatic rings. The Labute approximate surface area is 154 Å². The molecular weight excluding hydrogens is 350 g/mol. The lowest BCUT2D eigenvalue weighted by Crippen LogP contribution is -2.21. The quantitative estimate of drug-likeness (QED) is 0.557. The van der Waals surface area contributed by atoms with Crippen molar-refractivity contribution in [3.8, 4) is 0 Å². The second kappa shape index (κ2) is 6.72. The van der Waals surface area contributed by atoms with E-state index in [9.17, 15) is 4.79 Å². The molecule has 7 heteroatoms. The largest absolute Gasteiger partial charge is 0.293 e. The topological polar surface area (TPSA) is 65.6 Å². The highest BCUT2D eigenvalue weighted by Gasteiger charge is 2.12. The van der Waals surface area contributed by atoms with Gasteiger partial charge in [0.05, 0.1) is 13.1 Å². The summed E-state index contributed by atoms with van der Waals surface area (Å²) in [5.41, 5.74) is 3.73. The Kier molecular flexibility index (Phi) is 4.26. The van der Waals surface area contributed by atoms with Crippen molar-refractivity contribution in [3.63, 3.8) is 0 Å². The van der Waals surface area contributed by atoms with Gasteiger partial charge in [-0.2, -0.15) is 0 Å². The van der Waals surface area contributed by atoms with Crippen LogP contribution in [0.2, 0.25) is 5.02 Å². The van der Waals surface area contributed by atoms with Crippen molar-refractivity contribution >= 4 is 22.8 Å². The zero-order valence-electron chi connectivity index (χ0n) is 14.1. The minimum absolute atomic E-state index is 0.217. The number of fused-ring (bicyclic) bond motifs is 1. The fraction of sp³-hybridized carbons (Fsp3) is 0.158. The van der Waals surface area contributed by atoms with Gasteiger partial charge < -0.3 is 0 Å². The fourth-order valence-corrected chi connectivity index (χ4v) is 3.02. The predicted octanol–water partition coefficient (Wildman–Crippen LogP) is 3.05. The Hall–Kier alpha value is -2.99. The van der Waals surface area contributed by atoms with Crippen molar-refractivity contribution in [2.75, 3.05) is 0 Å². The number of rotatable bonds is 4. The highest BCUT2D eigenvalue weighted by atomic mass is 35.5. The summed E-state index contributed by atoms with van der Waals surface area (Å²) in [6.45, 7) is 2.94. The molecule has 0 fully saturated rings. The molecule has 26 heavy (non-hydrogen) atoms. The lowest BCUT2D eigenvalue weighted by atomic mass is 10.1. The summed E-state index contributed by atoms with van der Waals surface area (Å²) >= 11 is 6.01. The monoisotopic (exact) mass is 365 g/mol. The van der Waals surface area contributed by atoms with E-state index >= 15 is 0 Å². The molecule has 0 amide bonds. The van der Waals surface area contributed by atoms with Crippen molar-refractivity contribution in [1.82, 2.24) is 24.5 Å². The number of aromatic nitrogens is 5. The van der Waals surface area contributed by atoms with E-state index < -0.39 is 0 Å². The average Bonchev–Trinajstić information content (AvgIpc) is 3.03. The Morgan fingerprint density at radius 2 is 1.85 bits per heavy atom. The van der Waals surface area contributed by atoms with Crippen LogP contribution in [0.3, 0.4) is 0 Å². The number of hydrogen-bond donors (Lipinski definition) is 0. The highest BCUT2D eigenvalue weighted by Crippen LogP contribution is 2.12. The molecular formula is C19H16ClN5O. The summed E-state index contributed by atoms with van der Waals surface area (Å²) in [5.74, 6) is 0. The Morgan fingerprint density at radius 1 is 1.04 bits per heavy atom. The van der Waals surface area contributed by atoms with Gasteiger partial charge in [0.25, 0.3) is 5.56 Å². The van der Waals surface area contributed by atoms with Gasteiger partial charge in [-0.15, -0.1) is 5.10 Å². The minimum atomic E-state index is -0.217. The molecule has 2 aromatic heterocycles. The highest BCUT2D eigenvalue weighted by molar-refractivity contribution is 6.30. The van der Waals surface area contributed by atoms with Crippen molar-refractivity contribution in [2.24, 2.45) is 0 Å². The van der Waals surface area contributed by atoms with Crippen LogP contribution < -0.4 is 5.56 Å². The van der Waals surface area contributed by atoms with Gasteiger partial charge >= 0.3 is 0 Å². The third-order valence-corrected chi connectivity index (χ3v) is 4.42. The summed E-state index contributed by atoms with van der Waals surface area (Å²) < 4.78 is 3.16. The maximum absolute atomic E-state index is 12.7. The van der Waals surface area contributed by atoms with E-state index in [4.69, 9.17) is 11.6 Å². The number of hydrogen-bond acceptors (Lipinski definition) is 4. The lowest BCUT2D eigenvalue weighted by molar-refractivity contribution is 0.662. The van der Waals surface area contributed by atoms with E-state index in [-0.39, 0.29) is 11.1 Å². The Morgan fingerprint density at radius 3 is 2.62 bits per heavy atom. The van der Waals surface area contributed by atoms with Crippen molar-refractivity contribution in [2.45, 2.75) is 20.0 Å². The van der Waals surface area contributed by atoms with Crippen LogP contribution in [0, 0.1) is 6.92 Å². The zero-order valence-corrected chi connectivity index (χ0v) is 14.9. The first-order valence-corrected chi connectivity index (χ1v) is 8.56. The van der Waals surface area contributed by atoms with Gasteiger partial charge in [0.2, 0.25) is 0 Å². The molecule has 0 bridgehead atoms. The first-order valence-electron chi connectivity index (χ1n) is 8.19. The average molecular weight is 366 g/mol. The fourth-order valence-electron chi connectivity index (χ4n) is 2.80. The molecule has 0 unspecified atom stereocenters. The van der Waals surface area contributed by atoms with Crippen molar-refractivity contribution in [1.29, 1.82) is 0 Å². The second-order valence-corrected chi connectivity index (χ2v) is 6.65. The molecule has 0 aliphatic carbocycles. The molecule has 2 heterocycles. The van der Waals surface area contributed by atoms with E-state index in [1.807, 2.05) is 49.4 Å². The van der Waals surface area contributed by atoms with E-state index in [2.05, 4.69) is 15.3 Å². The summed E-state index contributed by atoms with van der Waals surface area (Å²) in [6.07, 6.45) is 1.53. The van der Waals surface area contributed by atoms with Gasteiger partial charge in [0.1, 0.15) is 6.33 Å². The standard InChI is InChI=1S/C19H16ClN5O/c1-13-5-7-14(8-6-13)11-25-18-17(22-23-25)19(26)24(12-21-18)10-15-3-2-4-16(20)9-15/h2-9,12H,10-11H2,1H3. The molecule has 0 saturated carbocycles. The molecule has 6 nitrogen and oxygen atoms in total. The molecule has 4 aromatic rings. The van der Waals surface area contributed by atoms with E-state index in [1.165, 1.54) is 16.5 Å². The number of benzene rings is 2. The van der Waals surface area contributed by atoms with Gasteiger partial charge in [-0.1, -0.05) is 58.8 Å². The lowest BCUT2D eigenvalue weighted by Gasteiger charge is -2.06. The molecule has 0 N–H and O–H groups in total. The maximum atomic E-state index is 12.7. The smallest absolute Gasteiger partial charge is 0.283 e. The minimum Gasteiger partial charge on any atom is -0.293 e. The summed E-state index contributed by atoms with van der Waals surface area (Å²) in [7, 11) is 0. The molecule has 2 aromatic carbocycles. The van der Waals surface area contributed by atoms with E-state index in [1.54, 1.807) is 10.7 Å². The molecule has 0 spiro atoms. The molecule has 0 atom stereocenters. The second-order valence-electron chi connectivity index (χ2n) is 6.21. The van der Waals surface area contributed by atoms with Crippen LogP contribution in [0.25, 0.3) is 11.2 Å². The molecule has 0 saturated heterocycles. The van der Waals surface area contributed by atoms with Gasteiger partial charge in [-0.25, -0.2) is 9.67 Å². The maximum Gasteiger partial charge on any atom is 0.283 e. The van der Waals surface area contributed by atoms with Crippen LogP contribution in [0.4, 0.5) is 0 Å². The molecule has 4 rings (SSSR count). The molecule has 0 radical (unpaired) electrons. The first kappa shape index (κ1) is 16.5. The SMILES string of the molecule is Cc1ccc(Cn2nnc3c(=O)n(Cc4cccc(Cl)c4)cnc32)cc1. The van der Waals surface area contributed by atoms with Crippen LogP contribution in [0.15, 0.2) is 59.7 Å². The van der Waals surface area contributed by atoms with Crippen LogP contribution in [0.1, 0.15) is 16.7 Å². The van der Waals surface area contributed by atoms with Crippen LogP contribution in [-0.2, 0) is 13.1 Å². The number of nitrogens with zero attached hydrogens (tertiary/aromatic N) is 5. The predicted molar refractivity (Wildman–Crippen MR) is 100 cm³/mol. The Balaban J connectivity index is 1.66. The van der Waals surface area contributed by atoms with Crippen LogP contribution in [-0.4, -0.2) is 24.5 Å².